The molecule has 1 saturated heterocycles. The van der Waals surface area contributed by atoms with Gasteiger partial charge in [0.15, 0.2) is 12.4 Å². The highest BCUT2D eigenvalue weighted by molar-refractivity contribution is 5.96. The molecule has 1 aromatic rings. The second kappa shape index (κ2) is 7.75. The fourth-order valence-corrected chi connectivity index (χ4v) is 4.73. The minimum Gasteiger partial charge on any atom is -0.460 e. The van der Waals surface area contributed by atoms with Gasteiger partial charge in [0.05, 0.1) is 17.6 Å². The van der Waals surface area contributed by atoms with E-state index in [-0.39, 0.29) is 35.8 Å². The van der Waals surface area contributed by atoms with E-state index in [1.54, 1.807) is 0 Å². The van der Waals surface area contributed by atoms with Crippen LogP contribution in [0.5, 0.6) is 0 Å². The number of pyridine rings is 1. The Bertz CT molecular complexity index is 866. The van der Waals surface area contributed by atoms with E-state index in [1.807, 2.05) is 31.5 Å². The molecule has 29 heavy (non-hydrogen) atoms. The number of fused-ring (bicyclic) bond motifs is 1. The van der Waals surface area contributed by atoms with Crippen LogP contribution in [-0.2, 0) is 19.1 Å². The Morgan fingerprint density at radius 3 is 2.76 bits per heavy atom. The Morgan fingerprint density at radius 1 is 1.31 bits per heavy atom. The number of ketones is 1. The topological polar surface area (TPSA) is 78.8 Å². The van der Waals surface area contributed by atoms with Gasteiger partial charge in [0.1, 0.15) is 12.4 Å². The summed E-state index contributed by atoms with van der Waals surface area (Å²) >= 11 is 0. The van der Waals surface area contributed by atoms with Crippen molar-refractivity contribution < 1.29 is 24.0 Å². The maximum absolute atomic E-state index is 13.2. The zero-order chi connectivity index (χ0) is 20.6. The van der Waals surface area contributed by atoms with Gasteiger partial charge in [-0.3, -0.25) is 4.79 Å². The van der Waals surface area contributed by atoms with E-state index < -0.39 is 5.92 Å². The number of hydrogen-bond donors (Lipinski definition) is 1. The third-order valence-corrected chi connectivity index (χ3v) is 5.99. The first-order valence-corrected chi connectivity index (χ1v) is 10.3. The Kier molecular flexibility index (Phi) is 5.30. The molecule has 2 aliphatic heterocycles. The van der Waals surface area contributed by atoms with Crippen LogP contribution in [0.15, 0.2) is 47.6 Å². The minimum atomic E-state index is -0.403. The monoisotopic (exact) mass is 397 g/mol. The summed E-state index contributed by atoms with van der Waals surface area (Å²) in [5.41, 5.74) is 2.88. The summed E-state index contributed by atoms with van der Waals surface area (Å²) in [6.07, 6.45) is 8.11. The summed E-state index contributed by atoms with van der Waals surface area (Å²) in [6, 6.07) is 3.86. The van der Waals surface area contributed by atoms with Gasteiger partial charge in [0, 0.05) is 42.5 Å². The zero-order valence-corrected chi connectivity index (χ0v) is 17.3. The molecule has 1 fully saturated rings. The average Bonchev–Trinajstić information content (AvgIpc) is 3.18. The molecule has 1 aromatic heterocycles. The summed E-state index contributed by atoms with van der Waals surface area (Å²) in [4.78, 5) is 29.4. The Morgan fingerprint density at radius 2 is 2.07 bits per heavy atom. The predicted octanol–water partition coefficient (Wildman–Crippen LogP) is 2.68. The van der Waals surface area contributed by atoms with Gasteiger partial charge in [-0.15, -0.1) is 0 Å². The van der Waals surface area contributed by atoms with Crippen molar-refractivity contribution >= 4 is 11.8 Å². The minimum absolute atomic E-state index is 0.0336. The number of esters is 1. The van der Waals surface area contributed by atoms with Crippen LogP contribution in [-0.4, -0.2) is 31.1 Å². The number of aromatic amines is 1. The van der Waals surface area contributed by atoms with Gasteiger partial charge < -0.3 is 14.8 Å². The molecule has 3 heterocycles. The van der Waals surface area contributed by atoms with Crippen LogP contribution in [0, 0.1) is 11.3 Å². The van der Waals surface area contributed by atoms with Crippen molar-refractivity contribution in [2.24, 2.45) is 11.3 Å². The summed E-state index contributed by atoms with van der Waals surface area (Å²) in [5.74, 6) is -0.994. The van der Waals surface area contributed by atoms with Gasteiger partial charge in [0.25, 0.3) is 0 Å². The van der Waals surface area contributed by atoms with Crippen molar-refractivity contribution in [2.45, 2.75) is 52.1 Å². The van der Waals surface area contributed by atoms with Crippen LogP contribution in [0.4, 0.5) is 0 Å². The Labute approximate surface area is 171 Å². The number of ether oxygens (including phenoxy) is 2. The zero-order valence-electron chi connectivity index (χ0n) is 17.3. The number of Topliss-reactive ketones (excluding diaryl/α,β-unsaturated/α-hetero) is 1. The van der Waals surface area contributed by atoms with Crippen LogP contribution in [0.3, 0.4) is 0 Å². The van der Waals surface area contributed by atoms with Crippen molar-refractivity contribution in [3.05, 3.63) is 53.1 Å². The Hall–Kier alpha value is -2.47. The lowest BCUT2D eigenvalue weighted by molar-refractivity contribution is -0.378. The number of aromatic nitrogens is 1. The summed E-state index contributed by atoms with van der Waals surface area (Å²) in [7, 11) is 0. The van der Waals surface area contributed by atoms with E-state index >= 15 is 0 Å². The molecule has 6 nitrogen and oxygen atoms in total. The van der Waals surface area contributed by atoms with E-state index in [0.717, 1.165) is 36.4 Å². The number of H-pyrrole nitrogens is 1. The molecule has 3 unspecified atom stereocenters. The first kappa shape index (κ1) is 19.8. The fourth-order valence-electron chi connectivity index (χ4n) is 4.73. The second-order valence-electron chi connectivity index (χ2n) is 8.92. The van der Waals surface area contributed by atoms with Crippen molar-refractivity contribution in [3.63, 3.8) is 0 Å². The summed E-state index contributed by atoms with van der Waals surface area (Å²) in [6.45, 7) is 6.97. The van der Waals surface area contributed by atoms with Gasteiger partial charge in [0.2, 0.25) is 0 Å². The summed E-state index contributed by atoms with van der Waals surface area (Å²) < 4.78 is 11.2. The normalized spacial score (nSPS) is 28.4. The molecule has 2 N–H and O–H groups in total. The third-order valence-electron chi connectivity index (χ3n) is 5.99. The number of rotatable bonds is 4. The van der Waals surface area contributed by atoms with E-state index in [1.165, 1.54) is 0 Å². The van der Waals surface area contributed by atoms with Crippen LogP contribution < -0.4 is 10.3 Å². The van der Waals surface area contributed by atoms with E-state index in [0.29, 0.717) is 12.0 Å². The van der Waals surface area contributed by atoms with Crippen LogP contribution >= 0.6 is 0 Å². The number of hydrogen-bond acceptors (Lipinski definition) is 5. The van der Waals surface area contributed by atoms with Gasteiger partial charge >= 0.3 is 5.97 Å². The molecule has 0 amide bonds. The predicted molar refractivity (Wildman–Crippen MR) is 106 cm³/mol. The molecule has 154 valence electrons. The molecule has 6 heteroatoms. The SMILES string of the molecule is CC1=C(C(=O)OCC2CCCO2)C(c2cc[nH+]cc2)C2C(=O)CC(C)(C)C=C2N1. The van der Waals surface area contributed by atoms with Crippen molar-refractivity contribution in [2.75, 3.05) is 13.2 Å². The molecule has 0 spiro atoms. The molecule has 4 rings (SSSR count). The van der Waals surface area contributed by atoms with E-state index in [9.17, 15) is 9.59 Å². The van der Waals surface area contributed by atoms with Crippen LogP contribution in [0.1, 0.15) is 51.5 Å². The number of carbonyl (C=O) groups is 2. The quantitative estimate of drug-likeness (QED) is 0.791. The highest BCUT2D eigenvalue weighted by atomic mass is 16.6. The smallest absolute Gasteiger partial charge is 0.336 e. The number of allylic oxidation sites excluding steroid dienone is 3. The molecule has 1 aliphatic carbocycles. The molecule has 3 aliphatic rings. The molecule has 0 radical (unpaired) electrons. The highest BCUT2D eigenvalue weighted by Gasteiger charge is 2.46. The fraction of sp³-hybridized carbons (Fsp3) is 0.522. The van der Waals surface area contributed by atoms with Gasteiger partial charge in [-0.25, -0.2) is 9.78 Å². The molecule has 0 aromatic carbocycles. The van der Waals surface area contributed by atoms with Crippen molar-refractivity contribution in [1.82, 2.24) is 5.32 Å². The van der Waals surface area contributed by atoms with Crippen LogP contribution in [0.25, 0.3) is 0 Å². The first-order valence-electron chi connectivity index (χ1n) is 10.3. The van der Waals surface area contributed by atoms with E-state index in [4.69, 9.17) is 9.47 Å². The van der Waals surface area contributed by atoms with Crippen molar-refractivity contribution in [1.29, 1.82) is 0 Å². The standard InChI is InChI=1S/C23H28N2O4/c1-14-19(22(27)29-13-16-5-4-10-28-16)20(15-6-8-24-9-7-15)21-17(25-14)11-23(2,3)12-18(21)26/h6-9,11,16,20-21,25H,4-5,10,12-13H2,1-3H3/p+1. The highest BCUT2D eigenvalue weighted by Crippen LogP contribution is 2.46. The molecule has 0 bridgehead atoms. The molecule has 0 saturated carbocycles. The lowest BCUT2D eigenvalue weighted by Gasteiger charge is -2.41. The Balaban J connectivity index is 1.71. The molecular weight excluding hydrogens is 368 g/mol. The number of carbonyl (C=O) groups excluding carboxylic acids is 2. The van der Waals surface area contributed by atoms with E-state index in [2.05, 4.69) is 30.2 Å². The lowest BCUT2D eigenvalue weighted by atomic mass is 9.66. The van der Waals surface area contributed by atoms with Gasteiger partial charge in [-0.1, -0.05) is 19.9 Å². The van der Waals surface area contributed by atoms with Crippen LogP contribution in [0.2, 0.25) is 0 Å². The molecule has 3 atom stereocenters. The van der Waals surface area contributed by atoms with Crippen molar-refractivity contribution in [3.8, 4) is 0 Å². The second-order valence-corrected chi connectivity index (χ2v) is 8.92. The first-order chi connectivity index (χ1) is 13.9. The van der Waals surface area contributed by atoms with Gasteiger partial charge in [-0.05, 0) is 30.7 Å². The summed E-state index contributed by atoms with van der Waals surface area (Å²) in [5, 5.41) is 3.34. The number of nitrogens with one attached hydrogen (secondary N) is 2. The maximum Gasteiger partial charge on any atom is 0.336 e. The average molecular weight is 397 g/mol. The van der Waals surface area contributed by atoms with Gasteiger partial charge in [-0.2, -0.15) is 0 Å². The third kappa shape index (κ3) is 3.99. The lowest BCUT2D eigenvalue weighted by Crippen LogP contribution is -2.43. The maximum atomic E-state index is 13.2. The largest absolute Gasteiger partial charge is 0.460 e. The molecular formula is C23H29N2O4+.